The molecule has 1 aliphatic heterocycles. The Balaban J connectivity index is 1.69. The molecule has 1 amide bonds. The number of carboxylic acids is 1. The first-order chi connectivity index (χ1) is 13.0. The zero-order chi connectivity index (χ0) is 19.1. The van der Waals surface area contributed by atoms with Gasteiger partial charge in [-0.15, -0.1) is 0 Å². The molecule has 142 valence electrons. The number of hydrogen-bond donors (Lipinski definition) is 1. The maximum atomic E-state index is 13.3. The molecule has 1 aliphatic carbocycles. The van der Waals surface area contributed by atoms with Crippen molar-refractivity contribution in [3.05, 3.63) is 46.8 Å². The lowest BCUT2D eigenvalue weighted by Gasteiger charge is -2.36. The molecule has 2 heterocycles. The van der Waals surface area contributed by atoms with Gasteiger partial charge in [0.2, 0.25) is 0 Å². The first-order valence-electron chi connectivity index (χ1n) is 9.67. The van der Waals surface area contributed by atoms with Crippen LogP contribution in [0.3, 0.4) is 0 Å². The number of carboxylic acid groups (broad SMARTS) is 1. The first kappa shape index (κ1) is 17.8. The minimum Gasteiger partial charge on any atom is -0.481 e. The van der Waals surface area contributed by atoms with E-state index in [0.29, 0.717) is 18.5 Å². The number of aromatic nitrogens is 2. The molecule has 2 aromatic rings. The van der Waals surface area contributed by atoms with Crippen LogP contribution < -0.4 is 0 Å². The first-order valence-corrected chi connectivity index (χ1v) is 9.67. The summed E-state index contributed by atoms with van der Waals surface area (Å²) in [6, 6.07) is 8.18. The van der Waals surface area contributed by atoms with Crippen molar-refractivity contribution in [1.82, 2.24) is 14.7 Å². The molecule has 2 unspecified atom stereocenters. The van der Waals surface area contributed by atoms with E-state index in [1.807, 2.05) is 42.8 Å². The van der Waals surface area contributed by atoms with Gasteiger partial charge in [-0.1, -0.05) is 17.7 Å². The van der Waals surface area contributed by atoms with Crippen LogP contribution in [0.15, 0.2) is 24.3 Å². The maximum Gasteiger partial charge on any atom is 0.308 e. The summed E-state index contributed by atoms with van der Waals surface area (Å²) in [4.78, 5) is 26.4. The van der Waals surface area contributed by atoms with Crippen LogP contribution in [-0.4, -0.2) is 44.3 Å². The van der Waals surface area contributed by atoms with E-state index in [9.17, 15) is 14.7 Å². The number of fused-ring (bicyclic) bond motifs is 1. The number of benzene rings is 1. The highest BCUT2D eigenvalue weighted by Crippen LogP contribution is 2.31. The smallest absolute Gasteiger partial charge is 0.308 e. The van der Waals surface area contributed by atoms with E-state index in [2.05, 4.69) is 5.10 Å². The predicted molar refractivity (Wildman–Crippen MR) is 101 cm³/mol. The van der Waals surface area contributed by atoms with Crippen molar-refractivity contribution < 1.29 is 14.7 Å². The third-order valence-corrected chi connectivity index (χ3v) is 5.90. The molecule has 1 N–H and O–H groups in total. The highest BCUT2D eigenvalue weighted by atomic mass is 16.4. The number of carbonyl (C=O) groups is 2. The number of aryl methyl sites for hydroxylation is 1. The van der Waals surface area contributed by atoms with Gasteiger partial charge in [0.25, 0.3) is 5.91 Å². The van der Waals surface area contributed by atoms with E-state index in [0.717, 1.165) is 36.2 Å². The third kappa shape index (κ3) is 3.13. The Morgan fingerprint density at radius 3 is 2.59 bits per heavy atom. The van der Waals surface area contributed by atoms with E-state index < -0.39 is 11.9 Å². The van der Waals surface area contributed by atoms with E-state index in [-0.39, 0.29) is 18.5 Å². The fourth-order valence-electron chi connectivity index (χ4n) is 4.24. The van der Waals surface area contributed by atoms with Crippen molar-refractivity contribution in [2.45, 2.75) is 52.0 Å². The fraction of sp³-hybridized carbons (Fsp3) is 0.476. The number of likely N-dealkylation sites (tertiary alicyclic amines) is 1. The Kier molecular flexibility index (Phi) is 4.50. The van der Waals surface area contributed by atoms with Crippen molar-refractivity contribution in [2.24, 2.45) is 5.92 Å². The Morgan fingerprint density at radius 1 is 1.15 bits per heavy atom. The fourth-order valence-corrected chi connectivity index (χ4v) is 4.24. The summed E-state index contributed by atoms with van der Waals surface area (Å²) in [5.74, 6) is -1.44. The average molecular weight is 367 g/mol. The summed E-state index contributed by atoms with van der Waals surface area (Å²) in [5.41, 5.74) is 4.79. The lowest BCUT2D eigenvalue weighted by atomic mass is 9.93. The molecule has 4 rings (SSSR count). The maximum absolute atomic E-state index is 13.3. The Hall–Kier alpha value is -2.63. The minimum absolute atomic E-state index is 0.0367. The molecule has 6 heteroatoms. The number of nitrogens with zero attached hydrogens (tertiary/aromatic N) is 3. The van der Waals surface area contributed by atoms with E-state index in [4.69, 9.17) is 0 Å². The normalized spacial score (nSPS) is 21.9. The summed E-state index contributed by atoms with van der Waals surface area (Å²) in [6.07, 6.45) is 4.12. The van der Waals surface area contributed by atoms with Gasteiger partial charge in [0.15, 0.2) is 5.69 Å². The molecule has 1 aromatic carbocycles. The van der Waals surface area contributed by atoms with Gasteiger partial charge in [-0.2, -0.15) is 5.10 Å². The average Bonchev–Trinajstić information content (AvgIpc) is 3.25. The molecule has 0 saturated carbocycles. The number of hydrogen-bond acceptors (Lipinski definition) is 3. The molecule has 0 spiro atoms. The minimum atomic E-state index is -0.824. The van der Waals surface area contributed by atoms with Gasteiger partial charge in [-0.25, -0.2) is 4.68 Å². The van der Waals surface area contributed by atoms with Crippen molar-refractivity contribution in [2.75, 3.05) is 6.54 Å². The van der Waals surface area contributed by atoms with Gasteiger partial charge in [0.05, 0.1) is 11.6 Å². The van der Waals surface area contributed by atoms with Crippen LogP contribution in [0.1, 0.15) is 53.5 Å². The van der Waals surface area contributed by atoms with Crippen LogP contribution >= 0.6 is 0 Å². The molecule has 0 radical (unpaired) electrons. The lowest BCUT2D eigenvalue weighted by Crippen LogP contribution is -2.47. The molecular weight excluding hydrogens is 342 g/mol. The predicted octanol–water partition coefficient (Wildman–Crippen LogP) is 2.99. The molecule has 1 fully saturated rings. The molecule has 2 aliphatic rings. The molecule has 0 bridgehead atoms. The summed E-state index contributed by atoms with van der Waals surface area (Å²) in [7, 11) is 0. The highest BCUT2D eigenvalue weighted by molar-refractivity contribution is 5.95. The van der Waals surface area contributed by atoms with Gasteiger partial charge in [-0.3, -0.25) is 9.59 Å². The molecule has 1 aromatic heterocycles. The Labute approximate surface area is 158 Å². The second kappa shape index (κ2) is 6.83. The second-order valence-electron chi connectivity index (χ2n) is 7.79. The summed E-state index contributed by atoms with van der Waals surface area (Å²) in [6.45, 7) is 4.30. The van der Waals surface area contributed by atoms with E-state index in [1.54, 1.807) is 4.90 Å². The van der Waals surface area contributed by atoms with Crippen LogP contribution in [0.2, 0.25) is 0 Å². The lowest BCUT2D eigenvalue weighted by molar-refractivity contribution is -0.143. The van der Waals surface area contributed by atoms with Gasteiger partial charge in [0, 0.05) is 23.8 Å². The van der Waals surface area contributed by atoms with Gasteiger partial charge in [-0.05, 0) is 58.1 Å². The van der Waals surface area contributed by atoms with E-state index >= 15 is 0 Å². The quantitative estimate of drug-likeness (QED) is 0.905. The number of amides is 1. The van der Waals surface area contributed by atoms with Gasteiger partial charge < -0.3 is 10.0 Å². The standard InChI is InChI=1S/C21H25N3O3/c1-13-6-10-16(11-7-13)24-18-5-3-4-17(18)19(22-24)20(25)23-12-15(21(26)27)9-8-14(23)2/h6-7,10-11,14-15H,3-5,8-9,12H2,1-2H3,(H,26,27). The zero-order valence-corrected chi connectivity index (χ0v) is 15.8. The number of piperidine rings is 1. The second-order valence-corrected chi connectivity index (χ2v) is 7.79. The monoisotopic (exact) mass is 367 g/mol. The van der Waals surface area contributed by atoms with Crippen molar-refractivity contribution >= 4 is 11.9 Å². The van der Waals surface area contributed by atoms with Crippen LogP contribution in [0, 0.1) is 12.8 Å². The molecule has 6 nitrogen and oxygen atoms in total. The van der Waals surface area contributed by atoms with Crippen LogP contribution in [0.4, 0.5) is 0 Å². The largest absolute Gasteiger partial charge is 0.481 e. The summed E-state index contributed by atoms with van der Waals surface area (Å²) >= 11 is 0. The molecular formula is C21H25N3O3. The molecule has 2 atom stereocenters. The van der Waals surface area contributed by atoms with Gasteiger partial charge in [0.1, 0.15) is 0 Å². The number of aliphatic carboxylic acids is 1. The van der Waals surface area contributed by atoms with Crippen LogP contribution in [-0.2, 0) is 17.6 Å². The molecule has 1 saturated heterocycles. The number of carbonyl (C=O) groups excluding carboxylic acids is 1. The highest BCUT2D eigenvalue weighted by Gasteiger charge is 2.36. The van der Waals surface area contributed by atoms with E-state index in [1.165, 1.54) is 5.56 Å². The SMILES string of the molecule is Cc1ccc(-n2nc(C(=O)N3CC(C(=O)O)CCC3C)c3c2CCC3)cc1. The number of rotatable bonds is 3. The summed E-state index contributed by atoms with van der Waals surface area (Å²) < 4.78 is 1.90. The Bertz CT molecular complexity index is 885. The van der Waals surface area contributed by atoms with Crippen molar-refractivity contribution in [3.8, 4) is 5.69 Å². The topological polar surface area (TPSA) is 75.4 Å². The van der Waals surface area contributed by atoms with Gasteiger partial charge >= 0.3 is 5.97 Å². The van der Waals surface area contributed by atoms with Crippen LogP contribution in [0.5, 0.6) is 0 Å². The third-order valence-electron chi connectivity index (χ3n) is 5.90. The zero-order valence-electron chi connectivity index (χ0n) is 15.8. The Morgan fingerprint density at radius 2 is 1.89 bits per heavy atom. The van der Waals surface area contributed by atoms with Crippen molar-refractivity contribution in [3.63, 3.8) is 0 Å². The van der Waals surface area contributed by atoms with Crippen molar-refractivity contribution in [1.29, 1.82) is 0 Å². The van der Waals surface area contributed by atoms with Crippen LogP contribution in [0.25, 0.3) is 5.69 Å². The summed E-state index contributed by atoms with van der Waals surface area (Å²) in [5, 5.41) is 14.1. The molecule has 27 heavy (non-hydrogen) atoms.